The number of carbonyl (C=O) groups excluding carboxylic acids is 1. The maximum absolute atomic E-state index is 9.59. The second kappa shape index (κ2) is 8.38. The van der Waals surface area contributed by atoms with Gasteiger partial charge in [-0.15, -0.1) is 0 Å². The third-order valence-electron chi connectivity index (χ3n) is 0.472. The number of carbonyl (C=O) groups is 1. The monoisotopic (exact) mass is 194 g/mol. The van der Waals surface area contributed by atoms with E-state index in [0.29, 0.717) is 0 Å². The average molecular weight is 194 g/mol. The molecule has 72 valence electrons. The van der Waals surface area contributed by atoms with Gasteiger partial charge < -0.3 is 10.3 Å². The number of nitrogens with two attached hydrogens (primary N) is 1. The van der Waals surface area contributed by atoms with E-state index in [0.717, 1.165) is 6.08 Å². The molecule has 0 saturated heterocycles. The molecule has 1 unspecified atom stereocenters. The van der Waals surface area contributed by atoms with Gasteiger partial charge in [-0.1, -0.05) is 6.58 Å². The molecule has 0 aliphatic heterocycles. The first-order valence-corrected chi connectivity index (χ1v) is 4.08. The summed E-state index contributed by atoms with van der Waals surface area (Å²) < 4.78 is 23.3. The van der Waals surface area contributed by atoms with E-state index in [9.17, 15) is 13.6 Å². The van der Waals surface area contributed by atoms with Gasteiger partial charge >= 0.3 is 0 Å². The van der Waals surface area contributed by atoms with Gasteiger partial charge in [0.05, 0.1) is 17.5 Å². The fraction of sp³-hybridized carbons (Fsp3) is 0.500. The lowest BCUT2D eigenvalue weighted by Crippen LogP contribution is -2.04. The Kier molecular flexibility index (Phi) is 9.66. The van der Waals surface area contributed by atoms with Crippen LogP contribution in [0.5, 0.6) is 0 Å². The molecule has 0 bridgehead atoms. The third-order valence-corrected chi connectivity index (χ3v) is 1.01. The SMILES string of the molecule is C=CC(N)=O.CC(C)OS(=O)[O-]. The highest BCUT2D eigenvalue weighted by molar-refractivity contribution is 7.74. The zero-order valence-corrected chi connectivity index (χ0v) is 7.80. The molecule has 1 atom stereocenters. The normalized spacial score (nSPS) is 11.3. The van der Waals surface area contributed by atoms with Crippen molar-refractivity contribution in [3.05, 3.63) is 12.7 Å². The molecule has 0 aromatic rings. The molecule has 6 heteroatoms. The Morgan fingerprint density at radius 3 is 2.08 bits per heavy atom. The second-order valence-corrected chi connectivity index (χ2v) is 2.56. The van der Waals surface area contributed by atoms with E-state index in [1.807, 2.05) is 0 Å². The van der Waals surface area contributed by atoms with Crippen molar-refractivity contribution in [3.8, 4) is 0 Å². The minimum atomic E-state index is -2.35. The van der Waals surface area contributed by atoms with E-state index in [2.05, 4.69) is 16.5 Å². The summed E-state index contributed by atoms with van der Waals surface area (Å²) in [6.45, 7) is 6.38. The van der Waals surface area contributed by atoms with Crippen LogP contribution in [-0.4, -0.2) is 20.8 Å². The van der Waals surface area contributed by atoms with Crippen molar-refractivity contribution in [1.82, 2.24) is 0 Å². The molecule has 0 aliphatic rings. The first-order chi connectivity index (χ1) is 5.40. The van der Waals surface area contributed by atoms with Crippen LogP contribution in [0.1, 0.15) is 13.8 Å². The fourth-order valence-corrected chi connectivity index (χ4v) is 0.471. The van der Waals surface area contributed by atoms with Gasteiger partial charge in [-0.25, -0.2) is 4.21 Å². The quantitative estimate of drug-likeness (QED) is 0.500. The minimum absolute atomic E-state index is 0.238. The van der Waals surface area contributed by atoms with Crippen molar-refractivity contribution in [2.75, 3.05) is 0 Å². The van der Waals surface area contributed by atoms with E-state index in [1.165, 1.54) is 0 Å². The van der Waals surface area contributed by atoms with Crippen LogP contribution < -0.4 is 5.73 Å². The van der Waals surface area contributed by atoms with Crippen molar-refractivity contribution in [1.29, 1.82) is 0 Å². The topological polar surface area (TPSA) is 92.5 Å². The van der Waals surface area contributed by atoms with E-state index < -0.39 is 17.3 Å². The van der Waals surface area contributed by atoms with Crippen LogP contribution in [0.4, 0.5) is 0 Å². The predicted molar refractivity (Wildman–Crippen MR) is 44.5 cm³/mol. The number of amides is 1. The molecule has 0 aliphatic carbocycles. The summed E-state index contributed by atoms with van der Waals surface area (Å²) in [6.07, 6.45) is 0.818. The predicted octanol–water partition coefficient (Wildman–Crippen LogP) is -0.137. The van der Waals surface area contributed by atoms with Crippen LogP contribution in [0.3, 0.4) is 0 Å². The zero-order chi connectivity index (χ0) is 10.1. The van der Waals surface area contributed by atoms with Crippen molar-refractivity contribution >= 4 is 17.3 Å². The van der Waals surface area contributed by atoms with Crippen LogP contribution in [0, 0.1) is 0 Å². The van der Waals surface area contributed by atoms with Gasteiger partial charge in [0.25, 0.3) is 0 Å². The van der Waals surface area contributed by atoms with Gasteiger partial charge in [0.2, 0.25) is 5.91 Å². The minimum Gasteiger partial charge on any atom is -0.750 e. The van der Waals surface area contributed by atoms with Crippen molar-refractivity contribution < 1.29 is 17.7 Å². The highest BCUT2D eigenvalue weighted by Crippen LogP contribution is 1.87. The van der Waals surface area contributed by atoms with Crippen LogP contribution in [0.25, 0.3) is 0 Å². The summed E-state index contributed by atoms with van der Waals surface area (Å²) in [5.41, 5.74) is 4.53. The Balaban J connectivity index is 0. The molecule has 12 heavy (non-hydrogen) atoms. The number of hydrogen-bond donors (Lipinski definition) is 1. The van der Waals surface area contributed by atoms with Crippen LogP contribution >= 0.6 is 0 Å². The Morgan fingerprint density at radius 2 is 2.08 bits per heavy atom. The summed E-state index contributed by atoms with van der Waals surface area (Å²) in [7, 11) is 0. The molecule has 0 radical (unpaired) electrons. The summed E-state index contributed by atoms with van der Waals surface area (Å²) in [5, 5.41) is 0. The summed E-state index contributed by atoms with van der Waals surface area (Å²) in [4.78, 5) is 9.47. The molecule has 0 saturated carbocycles. The van der Waals surface area contributed by atoms with Crippen LogP contribution in [-0.2, 0) is 20.3 Å². The molecule has 0 aromatic heterocycles. The first kappa shape index (κ1) is 13.8. The lowest BCUT2D eigenvalue weighted by Gasteiger charge is -2.06. The summed E-state index contributed by atoms with van der Waals surface area (Å²) >= 11 is -2.35. The fourth-order valence-electron chi connectivity index (χ4n) is 0.157. The van der Waals surface area contributed by atoms with Gasteiger partial charge in [0.1, 0.15) is 0 Å². The lowest BCUT2D eigenvalue weighted by molar-refractivity contribution is -0.113. The van der Waals surface area contributed by atoms with Gasteiger partial charge in [-0.3, -0.25) is 8.98 Å². The smallest absolute Gasteiger partial charge is 0.240 e. The highest BCUT2D eigenvalue weighted by atomic mass is 32.2. The Labute approximate surface area is 74.1 Å². The number of rotatable bonds is 3. The molecular formula is C6H12NO4S-. The molecule has 0 rings (SSSR count). The largest absolute Gasteiger partial charge is 0.750 e. The third kappa shape index (κ3) is 22.8. The Morgan fingerprint density at radius 1 is 1.75 bits per heavy atom. The van der Waals surface area contributed by atoms with Crippen molar-refractivity contribution in [3.63, 3.8) is 0 Å². The van der Waals surface area contributed by atoms with E-state index in [1.54, 1.807) is 13.8 Å². The molecule has 0 heterocycles. The van der Waals surface area contributed by atoms with E-state index in [4.69, 9.17) is 0 Å². The second-order valence-electron chi connectivity index (χ2n) is 1.96. The van der Waals surface area contributed by atoms with Crippen molar-refractivity contribution in [2.24, 2.45) is 5.73 Å². The van der Waals surface area contributed by atoms with Crippen molar-refractivity contribution in [2.45, 2.75) is 20.0 Å². The lowest BCUT2D eigenvalue weighted by atomic mass is 10.5. The molecule has 0 fully saturated rings. The van der Waals surface area contributed by atoms with Gasteiger partial charge in [0, 0.05) is 0 Å². The highest BCUT2D eigenvalue weighted by Gasteiger charge is 1.88. The molecule has 5 nitrogen and oxygen atoms in total. The molecular weight excluding hydrogens is 182 g/mol. The Hall–Kier alpha value is -0.720. The maximum atomic E-state index is 9.59. The molecule has 1 amide bonds. The van der Waals surface area contributed by atoms with Crippen LogP contribution in [0.2, 0.25) is 0 Å². The number of primary amides is 1. The molecule has 0 spiro atoms. The van der Waals surface area contributed by atoms with E-state index in [-0.39, 0.29) is 6.10 Å². The standard InChI is InChI=1S/C3H5NO.C3H8O3S/c1-2-3(4)5;1-3(2)6-7(4)5/h2H,1H2,(H2,4,5);3H,1-2H3,(H,4,5)/p-1. The summed E-state index contributed by atoms with van der Waals surface area (Å²) in [5.74, 6) is -0.481. The summed E-state index contributed by atoms with van der Waals surface area (Å²) in [6, 6.07) is 0. The Bertz CT molecular complexity index is 169. The maximum Gasteiger partial charge on any atom is 0.240 e. The number of hydrogen-bond acceptors (Lipinski definition) is 4. The van der Waals surface area contributed by atoms with Gasteiger partial charge in [-0.2, -0.15) is 0 Å². The molecule has 2 N–H and O–H groups in total. The average Bonchev–Trinajstić information content (AvgIpc) is 1.85. The zero-order valence-electron chi connectivity index (χ0n) is 6.98. The van der Waals surface area contributed by atoms with E-state index >= 15 is 0 Å². The van der Waals surface area contributed by atoms with Gasteiger partial charge in [0.15, 0.2) is 0 Å². The van der Waals surface area contributed by atoms with Crippen LogP contribution in [0.15, 0.2) is 12.7 Å². The molecule has 0 aromatic carbocycles. The van der Waals surface area contributed by atoms with Gasteiger partial charge in [-0.05, 0) is 19.9 Å². The first-order valence-electron chi connectivity index (χ1n) is 3.08.